The number of anilines is 1. The average Bonchev–Trinajstić information content (AvgIpc) is 2.55. The highest BCUT2D eigenvalue weighted by Crippen LogP contribution is 2.26. The lowest BCUT2D eigenvalue weighted by Crippen LogP contribution is -2.14. The number of fused-ring (bicyclic) bond motifs is 1. The maximum atomic E-state index is 12.4. The zero-order chi connectivity index (χ0) is 15.5. The quantitative estimate of drug-likeness (QED) is 0.551. The molecular formula is C17H13ClN2OS. The van der Waals surface area contributed by atoms with Gasteiger partial charge in [-0.05, 0) is 29.8 Å². The summed E-state index contributed by atoms with van der Waals surface area (Å²) < 4.78 is 0. The summed E-state index contributed by atoms with van der Waals surface area (Å²) in [6.45, 7) is 0. The molecule has 0 spiro atoms. The Bertz CT molecular complexity index is 851. The lowest BCUT2D eigenvalue weighted by atomic mass is 10.1. The highest BCUT2D eigenvalue weighted by atomic mass is 35.5. The molecule has 0 radical (unpaired) electrons. The van der Waals surface area contributed by atoms with E-state index in [1.807, 2.05) is 54.8 Å². The molecule has 1 N–H and O–H groups in total. The van der Waals surface area contributed by atoms with E-state index < -0.39 is 0 Å². The van der Waals surface area contributed by atoms with Crippen LogP contribution in [-0.4, -0.2) is 17.1 Å². The Kier molecular flexibility index (Phi) is 4.32. The Labute approximate surface area is 137 Å². The summed E-state index contributed by atoms with van der Waals surface area (Å²) in [5.41, 5.74) is 1.07. The Morgan fingerprint density at radius 1 is 1.14 bits per heavy atom. The molecule has 0 aliphatic rings. The normalized spacial score (nSPS) is 10.6. The number of thioether (sulfide) groups is 1. The molecule has 0 unspecified atom stereocenters. The molecular weight excluding hydrogens is 316 g/mol. The number of carbonyl (C=O) groups is 1. The number of carbonyl (C=O) groups excluding carboxylic acids is 1. The molecule has 1 aromatic heterocycles. The Balaban J connectivity index is 1.95. The second-order valence-electron chi connectivity index (χ2n) is 4.67. The van der Waals surface area contributed by atoms with Crippen molar-refractivity contribution in [2.75, 3.05) is 11.6 Å². The van der Waals surface area contributed by atoms with Crippen LogP contribution in [0.2, 0.25) is 5.15 Å². The van der Waals surface area contributed by atoms with Gasteiger partial charge < -0.3 is 5.32 Å². The first-order valence-corrected chi connectivity index (χ1v) is 8.29. The molecule has 22 heavy (non-hydrogen) atoms. The molecule has 0 saturated carbocycles. The van der Waals surface area contributed by atoms with Crippen LogP contribution in [-0.2, 0) is 0 Å². The summed E-state index contributed by atoms with van der Waals surface area (Å²) in [5.74, 6) is -0.269. The highest BCUT2D eigenvalue weighted by Gasteiger charge is 2.12. The van der Waals surface area contributed by atoms with Crippen molar-refractivity contribution in [1.82, 2.24) is 4.98 Å². The van der Waals surface area contributed by atoms with Crippen molar-refractivity contribution in [2.24, 2.45) is 0 Å². The van der Waals surface area contributed by atoms with Crippen molar-refractivity contribution in [3.05, 3.63) is 65.4 Å². The number of benzene rings is 2. The maximum Gasteiger partial charge on any atom is 0.274 e. The maximum absolute atomic E-state index is 12.4. The molecule has 3 aromatic rings. The molecule has 0 aliphatic heterocycles. The van der Waals surface area contributed by atoms with Gasteiger partial charge in [0.2, 0.25) is 0 Å². The van der Waals surface area contributed by atoms with Gasteiger partial charge in [0.05, 0.1) is 5.69 Å². The predicted molar refractivity (Wildman–Crippen MR) is 92.9 cm³/mol. The van der Waals surface area contributed by atoms with E-state index in [-0.39, 0.29) is 5.91 Å². The minimum atomic E-state index is -0.269. The highest BCUT2D eigenvalue weighted by molar-refractivity contribution is 7.98. The van der Waals surface area contributed by atoms with Crippen molar-refractivity contribution in [2.45, 2.75) is 4.90 Å². The van der Waals surface area contributed by atoms with Crippen molar-refractivity contribution in [3.8, 4) is 0 Å². The van der Waals surface area contributed by atoms with E-state index >= 15 is 0 Å². The van der Waals surface area contributed by atoms with Crippen molar-refractivity contribution >= 4 is 45.7 Å². The summed E-state index contributed by atoms with van der Waals surface area (Å²) in [6, 6.07) is 17.0. The third-order valence-electron chi connectivity index (χ3n) is 3.28. The van der Waals surface area contributed by atoms with Gasteiger partial charge in [0.1, 0.15) is 10.8 Å². The number of hydrogen-bond donors (Lipinski definition) is 1. The number of rotatable bonds is 3. The molecule has 0 aliphatic carbocycles. The molecule has 0 atom stereocenters. The van der Waals surface area contributed by atoms with Gasteiger partial charge in [-0.25, -0.2) is 4.98 Å². The molecule has 2 aromatic carbocycles. The first-order chi connectivity index (χ1) is 10.7. The fourth-order valence-electron chi connectivity index (χ4n) is 2.21. The van der Waals surface area contributed by atoms with Crippen LogP contribution >= 0.6 is 23.4 Å². The fraction of sp³-hybridized carbons (Fsp3) is 0.0588. The summed E-state index contributed by atoms with van der Waals surface area (Å²) >= 11 is 7.75. The van der Waals surface area contributed by atoms with Crippen LogP contribution in [0.1, 0.15) is 10.5 Å². The van der Waals surface area contributed by atoms with E-state index in [2.05, 4.69) is 10.3 Å². The van der Waals surface area contributed by atoms with E-state index in [9.17, 15) is 4.79 Å². The lowest BCUT2D eigenvalue weighted by molar-refractivity contribution is 0.102. The molecule has 110 valence electrons. The smallest absolute Gasteiger partial charge is 0.274 e. The van der Waals surface area contributed by atoms with Crippen LogP contribution in [0.15, 0.2) is 59.5 Å². The zero-order valence-corrected chi connectivity index (χ0v) is 13.4. The van der Waals surface area contributed by atoms with E-state index in [1.165, 1.54) is 0 Å². The number of para-hydroxylation sites is 1. The molecule has 1 amide bonds. The van der Waals surface area contributed by atoms with Gasteiger partial charge in [-0.15, -0.1) is 11.8 Å². The van der Waals surface area contributed by atoms with Gasteiger partial charge in [-0.1, -0.05) is 48.0 Å². The summed E-state index contributed by atoms with van der Waals surface area (Å²) in [6.07, 6.45) is 1.97. The summed E-state index contributed by atoms with van der Waals surface area (Å²) in [7, 11) is 0. The number of aromatic nitrogens is 1. The van der Waals surface area contributed by atoms with Crippen LogP contribution in [0.3, 0.4) is 0 Å². The number of halogens is 1. The fourth-order valence-corrected chi connectivity index (χ4v) is 3.02. The third kappa shape index (κ3) is 2.93. The van der Waals surface area contributed by atoms with Gasteiger partial charge in [0, 0.05) is 10.3 Å². The van der Waals surface area contributed by atoms with Gasteiger partial charge >= 0.3 is 0 Å². The molecule has 3 nitrogen and oxygen atoms in total. The molecule has 0 bridgehead atoms. The monoisotopic (exact) mass is 328 g/mol. The summed E-state index contributed by atoms with van der Waals surface area (Å²) in [5, 5.41) is 4.96. The van der Waals surface area contributed by atoms with E-state index in [0.29, 0.717) is 10.8 Å². The Morgan fingerprint density at radius 3 is 2.68 bits per heavy atom. The topological polar surface area (TPSA) is 42.0 Å². The number of nitrogens with one attached hydrogen (secondary N) is 1. The van der Waals surface area contributed by atoms with Crippen LogP contribution in [0.5, 0.6) is 0 Å². The second-order valence-corrected chi connectivity index (χ2v) is 5.88. The van der Waals surface area contributed by atoms with Gasteiger partial charge in [-0.2, -0.15) is 0 Å². The second kappa shape index (κ2) is 6.38. The standard InChI is InChI=1S/C17H13ClN2OS/c1-22-15-9-5-4-8-13(15)20-17(21)14-10-11-6-2-3-7-12(11)16(18)19-14/h2-10H,1H3,(H,20,21). The predicted octanol–water partition coefficient (Wildman–Crippen LogP) is 4.86. The molecule has 0 saturated heterocycles. The Morgan fingerprint density at radius 2 is 1.86 bits per heavy atom. The van der Waals surface area contributed by atoms with E-state index in [0.717, 1.165) is 21.4 Å². The van der Waals surface area contributed by atoms with Crippen molar-refractivity contribution in [1.29, 1.82) is 0 Å². The zero-order valence-electron chi connectivity index (χ0n) is 11.8. The van der Waals surface area contributed by atoms with Gasteiger partial charge in [-0.3, -0.25) is 4.79 Å². The number of hydrogen-bond acceptors (Lipinski definition) is 3. The SMILES string of the molecule is CSc1ccccc1NC(=O)c1cc2ccccc2c(Cl)n1. The minimum absolute atomic E-state index is 0.269. The molecule has 5 heteroatoms. The van der Waals surface area contributed by atoms with Gasteiger partial charge in [0.15, 0.2) is 0 Å². The molecule has 0 fully saturated rings. The van der Waals surface area contributed by atoms with Crippen molar-refractivity contribution < 1.29 is 4.79 Å². The van der Waals surface area contributed by atoms with Crippen LogP contribution in [0.4, 0.5) is 5.69 Å². The molecule has 1 heterocycles. The molecule has 3 rings (SSSR count). The number of pyridine rings is 1. The lowest BCUT2D eigenvalue weighted by Gasteiger charge is -2.09. The number of nitrogens with zero attached hydrogens (tertiary/aromatic N) is 1. The first kappa shape index (κ1) is 14.9. The van der Waals surface area contributed by atoms with Crippen LogP contribution in [0, 0.1) is 0 Å². The van der Waals surface area contributed by atoms with E-state index in [1.54, 1.807) is 17.8 Å². The third-order valence-corrected chi connectivity index (χ3v) is 4.37. The number of amides is 1. The van der Waals surface area contributed by atoms with Crippen LogP contribution < -0.4 is 5.32 Å². The minimum Gasteiger partial charge on any atom is -0.320 e. The van der Waals surface area contributed by atoms with Crippen LogP contribution in [0.25, 0.3) is 10.8 Å². The summed E-state index contributed by atoms with van der Waals surface area (Å²) in [4.78, 5) is 17.6. The van der Waals surface area contributed by atoms with Crippen molar-refractivity contribution in [3.63, 3.8) is 0 Å². The van der Waals surface area contributed by atoms with E-state index in [4.69, 9.17) is 11.6 Å². The first-order valence-electron chi connectivity index (χ1n) is 6.68. The van der Waals surface area contributed by atoms with Gasteiger partial charge in [0.25, 0.3) is 5.91 Å². The largest absolute Gasteiger partial charge is 0.320 e. The Hall–Kier alpha value is -2.04. The average molecular weight is 329 g/mol.